The number of carbonyl (C=O) groups excluding carboxylic acids is 2. The van der Waals surface area contributed by atoms with Gasteiger partial charge in [0.25, 0.3) is 5.91 Å². The molecule has 2 amide bonds. The number of rotatable bonds is 5. The van der Waals surface area contributed by atoms with Crippen molar-refractivity contribution in [2.24, 2.45) is 0 Å². The molecule has 0 saturated heterocycles. The molecule has 23 heavy (non-hydrogen) atoms. The predicted octanol–water partition coefficient (Wildman–Crippen LogP) is 3.24. The molecule has 0 aliphatic carbocycles. The molecule has 7 heteroatoms. The molecule has 2 N–H and O–H groups in total. The van der Waals surface area contributed by atoms with Crippen molar-refractivity contribution in [1.29, 1.82) is 0 Å². The Morgan fingerprint density at radius 3 is 2.70 bits per heavy atom. The van der Waals surface area contributed by atoms with Gasteiger partial charge in [0.15, 0.2) is 0 Å². The van der Waals surface area contributed by atoms with Crippen molar-refractivity contribution in [1.82, 2.24) is 9.69 Å². The van der Waals surface area contributed by atoms with Crippen LogP contribution < -0.4 is 10.6 Å². The number of anilines is 1. The smallest absolute Gasteiger partial charge is 0.252 e. The Balaban J connectivity index is 1.54. The molecule has 0 aliphatic heterocycles. The molecule has 0 unspecified atom stereocenters. The van der Waals surface area contributed by atoms with E-state index in [9.17, 15) is 9.59 Å². The molecule has 3 rings (SSSR count). The van der Waals surface area contributed by atoms with E-state index < -0.39 is 0 Å². The van der Waals surface area contributed by atoms with Crippen LogP contribution in [0.15, 0.2) is 53.2 Å². The first-order valence-electron chi connectivity index (χ1n) is 6.85. The maximum Gasteiger partial charge on any atom is 0.252 e. The molecule has 0 atom stereocenters. The molecule has 0 radical (unpaired) electrons. The Morgan fingerprint density at radius 2 is 1.96 bits per heavy atom. The van der Waals surface area contributed by atoms with Crippen LogP contribution in [-0.2, 0) is 4.79 Å². The number of amides is 2. The fraction of sp³-hybridized carbons (Fsp3) is 0.0625. The van der Waals surface area contributed by atoms with Gasteiger partial charge in [-0.15, -0.1) is 0 Å². The summed E-state index contributed by atoms with van der Waals surface area (Å²) in [6.07, 6.45) is 0. The first kappa shape index (κ1) is 15.4. The van der Waals surface area contributed by atoms with Crippen molar-refractivity contribution < 1.29 is 9.59 Å². The van der Waals surface area contributed by atoms with Crippen LogP contribution in [0.2, 0.25) is 0 Å². The van der Waals surface area contributed by atoms with Gasteiger partial charge in [-0.1, -0.05) is 30.3 Å². The number of nitrogens with one attached hydrogen (secondary N) is 2. The van der Waals surface area contributed by atoms with Crippen LogP contribution in [0.1, 0.15) is 10.4 Å². The topological polar surface area (TPSA) is 71.1 Å². The fourth-order valence-electron chi connectivity index (χ4n) is 1.92. The summed E-state index contributed by atoms with van der Waals surface area (Å²) in [5, 5.41) is 9.53. The van der Waals surface area contributed by atoms with Crippen LogP contribution in [-0.4, -0.2) is 22.7 Å². The third-order valence-electron chi connectivity index (χ3n) is 3.04. The molecule has 0 fully saturated rings. The molecular weight excluding hydrogens is 330 g/mol. The Labute approximate surface area is 141 Å². The lowest BCUT2D eigenvalue weighted by Gasteiger charge is -2.03. The SMILES string of the molecule is O=C(CNC(=O)c1ccsc1)Nc1cc(-c2ccccc2)ns1. The van der Waals surface area contributed by atoms with Gasteiger partial charge >= 0.3 is 0 Å². The summed E-state index contributed by atoms with van der Waals surface area (Å²) in [5.41, 5.74) is 2.37. The van der Waals surface area contributed by atoms with Gasteiger partial charge in [0.2, 0.25) is 5.91 Å². The third kappa shape index (κ3) is 4.02. The standard InChI is InChI=1S/C16H13N3O2S2/c20-14(9-17-16(21)12-6-7-22-10-12)18-15-8-13(19-23-15)11-4-2-1-3-5-11/h1-8,10H,9H2,(H,17,21)(H,18,20). The van der Waals surface area contributed by atoms with E-state index in [4.69, 9.17) is 0 Å². The zero-order chi connectivity index (χ0) is 16.1. The number of aromatic nitrogens is 1. The summed E-state index contributed by atoms with van der Waals surface area (Å²) in [6, 6.07) is 13.3. The van der Waals surface area contributed by atoms with Crippen molar-refractivity contribution in [3.63, 3.8) is 0 Å². The molecule has 1 aromatic carbocycles. The van der Waals surface area contributed by atoms with Crippen molar-refractivity contribution in [3.05, 3.63) is 58.8 Å². The monoisotopic (exact) mass is 343 g/mol. The number of hydrogen-bond donors (Lipinski definition) is 2. The number of nitrogens with zero attached hydrogens (tertiary/aromatic N) is 1. The minimum absolute atomic E-state index is 0.0761. The van der Waals surface area contributed by atoms with E-state index >= 15 is 0 Å². The van der Waals surface area contributed by atoms with Crippen LogP contribution in [0.3, 0.4) is 0 Å². The molecule has 116 valence electrons. The maximum absolute atomic E-state index is 11.9. The molecule has 2 aromatic heterocycles. The van der Waals surface area contributed by atoms with Gasteiger partial charge in [-0.3, -0.25) is 9.59 Å². The van der Waals surface area contributed by atoms with E-state index in [1.807, 2.05) is 41.8 Å². The summed E-state index contributed by atoms with van der Waals surface area (Å²) >= 11 is 2.65. The van der Waals surface area contributed by atoms with E-state index in [-0.39, 0.29) is 18.4 Å². The van der Waals surface area contributed by atoms with Crippen molar-refractivity contribution >= 4 is 39.7 Å². The van der Waals surface area contributed by atoms with Crippen LogP contribution in [0.25, 0.3) is 11.3 Å². The Morgan fingerprint density at radius 1 is 1.13 bits per heavy atom. The summed E-state index contributed by atoms with van der Waals surface area (Å²) in [4.78, 5) is 23.6. The first-order chi connectivity index (χ1) is 11.2. The van der Waals surface area contributed by atoms with Gasteiger partial charge in [0.05, 0.1) is 12.2 Å². The number of carbonyl (C=O) groups is 2. The van der Waals surface area contributed by atoms with Crippen LogP contribution >= 0.6 is 22.9 Å². The van der Waals surface area contributed by atoms with E-state index in [2.05, 4.69) is 15.0 Å². The summed E-state index contributed by atoms with van der Waals surface area (Å²) in [7, 11) is 0. The van der Waals surface area contributed by atoms with E-state index in [0.717, 1.165) is 11.3 Å². The normalized spacial score (nSPS) is 10.3. The highest BCUT2D eigenvalue weighted by Crippen LogP contribution is 2.24. The fourth-order valence-corrected chi connectivity index (χ4v) is 3.23. The maximum atomic E-state index is 11.9. The number of thiophene rings is 1. The van der Waals surface area contributed by atoms with Crippen molar-refractivity contribution in [3.8, 4) is 11.3 Å². The molecule has 0 spiro atoms. The Kier molecular flexibility index (Phi) is 4.80. The molecule has 5 nitrogen and oxygen atoms in total. The van der Waals surface area contributed by atoms with Gasteiger partial charge in [0.1, 0.15) is 5.00 Å². The second-order valence-electron chi connectivity index (χ2n) is 4.69. The quantitative estimate of drug-likeness (QED) is 0.747. The lowest BCUT2D eigenvalue weighted by Crippen LogP contribution is -2.32. The molecule has 3 aromatic rings. The van der Waals surface area contributed by atoms with E-state index in [0.29, 0.717) is 10.6 Å². The van der Waals surface area contributed by atoms with Gasteiger partial charge in [-0.2, -0.15) is 15.7 Å². The second kappa shape index (κ2) is 7.17. The first-order valence-corrected chi connectivity index (χ1v) is 8.56. The van der Waals surface area contributed by atoms with E-state index in [1.54, 1.807) is 11.4 Å². The second-order valence-corrected chi connectivity index (χ2v) is 6.27. The van der Waals surface area contributed by atoms with Crippen LogP contribution in [0.4, 0.5) is 5.00 Å². The predicted molar refractivity (Wildman–Crippen MR) is 92.8 cm³/mol. The van der Waals surface area contributed by atoms with Crippen molar-refractivity contribution in [2.45, 2.75) is 0 Å². The zero-order valence-electron chi connectivity index (χ0n) is 12.0. The molecule has 0 bridgehead atoms. The number of benzene rings is 1. The number of hydrogen-bond acceptors (Lipinski definition) is 5. The average Bonchev–Trinajstić information content (AvgIpc) is 3.25. The van der Waals surface area contributed by atoms with Crippen LogP contribution in [0, 0.1) is 0 Å². The lowest BCUT2D eigenvalue weighted by atomic mass is 10.2. The highest BCUT2D eigenvalue weighted by molar-refractivity contribution is 7.10. The summed E-state index contributed by atoms with van der Waals surface area (Å²) in [5.74, 6) is -0.535. The molecule has 0 saturated carbocycles. The zero-order valence-corrected chi connectivity index (χ0v) is 13.6. The molecular formula is C16H13N3O2S2. The van der Waals surface area contributed by atoms with Gasteiger partial charge in [-0.25, -0.2) is 0 Å². The Bertz CT molecular complexity index is 798. The third-order valence-corrected chi connectivity index (χ3v) is 4.42. The van der Waals surface area contributed by atoms with E-state index in [1.165, 1.54) is 22.9 Å². The minimum atomic E-state index is -0.281. The summed E-state index contributed by atoms with van der Waals surface area (Å²) < 4.78 is 4.32. The molecule has 2 heterocycles. The summed E-state index contributed by atoms with van der Waals surface area (Å²) in [6.45, 7) is -0.0761. The highest BCUT2D eigenvalue weighted by Gasteiger charge is 2.10. The van der Waals surface area contributed by atoms with Gasteiger partial charge in [0, 0.05) is 22.6 Å². The largest absolute Gasteiger partial charge is 0.343 e. The lowest BCUT2D eigenvalue weighted by molar-refractivity contribution is -0.115. The average molecular weight is 343 g/mol. The van der Waals surface area contributed by atoms with Gasteiger partial charge < -0.3 is 10.6 Å². The Hall–Kier alpha value is -2.51. The van der Waals surface area contributed by atoms with Gasteiger partial charge in [-0.05, 0) is 23.0 Å². The highest BCUT2D eigenvalue weighted by atomic mass is 32.1. The van der Waals surface area contributed by atoms with Crippen LogP contribution in [0.5, 0.6) is 0 Å². The van der Waals surface area contributed by atoms with Crippen molar-refractivity contribution in [2.75, 3.05) is 11.9 Å². The minimum Gasteiger partial charge on any atom is -0.343 e. The molecule has 0 aliphatic rings.